The normalized spacial score (nSPS) is 20.7. The van der Waals surface area contributed by atoms with Gasteiger partial charge in [-0.15, -0.1) is 0 Å². The van der Waals surface area contributed by atoms with Gasteiger partial charge < -0.3 is 0 Å². The summed E-state index contributed by atoms with van der Waals surface area (Å²) in [6.07, 6.45) is 5.14. The standard InChI is InChI=1S/C59H44N6/c1-3-13-41(14-4-1)53-60-55(64-57(62-53)47-29-21-37-11-7-9-17-45(37)31-47)43-25-19-39(20-26-43)49-33-50-34-51-35-52(59(50,51)36-49)40-23-27-44(28-24-40)56-61-54(42-15-5-2-6-16-42)63-58(65-56)48-30-22-38-12-8-10-18-46(38)32-48/h1-32,49-52H,33-36H2. The lowest BCUT2D eigenvalue weighted by atomic mass is 9.37. The molecular weight excluding hydrogens is 793 g/mol. The lowest BCUT2D eigenvalue weighted by Gasteiger charge is -2.67. The Morgan fingerprint density at radius 2 is 0.677 bits per heavy atom. The molecule has 10 aromatic rings. The average molecular weight is 837 g/mol. The quantitative estimate of drug-likeness (QED) is 0.152. The predicted molar refractivity (Wildman–Crippen MR) is 261 cm³/mol. The van der Waals surface area contributed by atoms with Crippen LogP contribution in [0.5, 0.6) is 0 Å². The van der Waals surface area contributed by atoms with Gasteiger partial charge in [0.2, 0.25) is 0 Å². The molecule has 3 aliphatic carbocycles. The first-order chi connectivity index (χ1) is 32.1. The highest BCUT2D eigenvalue weighted by molar-refractivity contribution is 5.88. The fourth-order valence-electron chi connectivity index (χ4n) is 11.7. The molecule has 0 N–H and O–H groups in total. The summed E-state index contributed by atoms with van der Waals surface area (Å²) in [7, 11) is 0. The topological polar surface area (TPSA) is 77.3 Å². The zero-order valence-corrected chi connectivity index (χ0v) is 35.8. The zero-order valence-electron chi connectivity index (χ0n) is 35.8. The highest BCUT2D eigenvalue weighted by Crippen LogP contribution is 2.79. The third-order valence-corrected chi connectivity index (χ3v) is 15.0. The minimum Gasteiger partial charge on any atom is -0.208 e. The summed E-state index contributed by atoms with van der Waals surface area (Å²) >= 11 is 0. The Balaban J connectivity index is 0.770. The zero-order chi connectivity index (χ0) is 42.9. The first kappa shape index (κ1) is 37.8. The number of hydrogen-bond acceptors (Lipinski definition) is 6. The number of nitrogens with zero attached hydrogens (tertiary/aromatic N) is 6. The van der Waals surface area contributed by atoms with E-state index < -0.39 is 0 Å². The second kappa shape index (κ2) is 15.2. The molecule has 3 fully saturated rings. The molecule has 0 radical (unpaired) electrons. The summed E-state index contributed by atoms with van der Waals surface area (Å²) in [5.41, 5.74) is 9.19. The molecule has 3 saturated carbocycles. The highest BCUT2D eigenvalue weighted by atomic mass is 15.0. The van der Waals surface area contributed by atoms with Crippen molar-refractivity contribution in [2.45, 2.75) is 37.5 Å². The van der Waals surface area contributed by atoms with E-state index in [4.69, 9.17) is 29.9 Å². The van der Waals surface area contributed by atoms with Gasteiger partial charge in [0, 0.05) is 33.4 Å². The van der Waals surface area contributed by atoms with Gasteiger partial charge in [0.25, 0.3) is 0 Å². The summed E-state index contributed by atoms with van der Waals surface area (Å²) in [4.78, 5) is 30.2. The van der Waals surface area contributed by atoms with Crippen molar-refractivity contribution in [1.82, 2.24) is 29.9 Å². The Kier molecular flexibility index (Phi) is 8.87. The second-order valence-electron chi connectivity index (χ2n) is 18.4. The van der Waals surface area contributed by atoms with Crippen LogP contribution in [-0.2, 0) is 0 Å². The Bertz CT molecular complexity index is 3410. The molecule has 6 heteroatoms. The predicted octanol–water partition coefficient (Wildman–Crippen LogP) is 14.1. The molecule has 2 aromatic heterocycles. The second-order valence-corrected chi connectivity index (χ2v) is 18.4. The lowest BCUT2D eigenvalue weighted by molar-refractivity contribution is -0.144. The first-order valence-electron chi connectivity index (χ1n) is 22.9. The molecule has 5 atom stereocenters. The van der Waals surface area contributed by atoms with E-state index >= 15 is 0 Å². The van der Waals surface area contributed by atoms with Gasteiger partial charge in [-0.3, -0.25) is 0 Å². The highest BCUT2D eigenvalue weighted by Gasteiger charge is 2.69. The molecule has 0 aliphatic heterocycles. The van der Waals surface area contributed by atoms with Gasteiger partial charge in [0.05, 0.1) is 0 Å². The van der Waals surface area contributed by atoms with Crippen molar-refractivity contribution in [1.29, 1.82) is 0 Å². The van der Waals surface area contributed by atoms with E-state index in [0.717, 1.165) is 45.2 Å². The van der Waals surface area contributed by atoms with Crippen molar-refractivity contribution in [2.75, 3.05) is 0 Å². The van der Waals surface area contributed by atoms with E-state index in [9.17, 15) is 0 Å². The molecular formula is C59H44N6. The van der Waals surface area contributed by atoms with Crippen LogP contribution in [0.15, 0.2) is 194 Å². The van der Waals surface area contributed by atoms with E-state index in [0.29, 0.717) is 52.2 Å². The summed E-state index contributed by atoms with van der Waals surface area (Å²) in [5.74, 6) is 6.82. The fourth-order valence-corrected chi connectivity index (χ4v) is 11.7. The third kappa shape index (κ3) is 6.54. The molecule has 2 heterocycles. The molecule has 1 spiro atoms. The van der Waals surface area contributed by atoms with Crippen LogP contribution in [0.3, 0.4) is 0 Å². The molecule has 13 rings (SSSR count). The van der Waals surface area contributed by atoms with Crippen LogP contribution in [0.2, 0.25) is 0 Å². The van der Waals surface area contributed by atoms with E-state index in [-0.39, 0.29) is 0 Å². The largest absolute Gasteiger partial charge is 0.208 e. The van der Waals surface area contributed by atoms with Crippen molar-refractivity contribution < 1.29 is 0 Å². The molecule has 5 unspecified atom stereocenters. The number of rotatable bonds is 8. The molecule has 65 heavy (non-hydrogen) atoms. The molecule has 6 nitrogen and oxygen atoms in total. The monoisotopic (exact) mass is 836 g/mol. The minimum atomic E-state index is 0.384. The molecule has 3 aliphatic rings. The minimum absolute atomic E-state index is 0.384. The maximum atomic E-state index is 5.09. The van der Waals surface area contributed by atoms with Gasteiger partial charge in [0.15, 0.2) is 34.9 Å². The fraction of sp³-hybridized carbons (Fsp3) is 0.153. The molecule has 0 saturated heterocycles. The van der Waals surface area contributed by atoms with Gasteiger partial charge in [0.1, 0.15) is 0 Å². The third-order valence-electron chi connectivity index (χ3n) is 15.0. The number of aromatic nitrogens is 6. The first-order valence-corrected chi connectivity index (χ1v) is 22.9. The summed E-state index contributed by atoms with van der Waals surface area (Å²) < 4.78 is 0. The summed E-state index contributed by atoms with van der Waals surface area (Å²) in [6, 6.07) is 68.5. The van der Waals surface area contributed by atoms with Gasteiger partial charge in [-0.2, -0.15) is 0 Å². The Labute approximate surface area is 378 Å². The van der Waals surface area contributed by atoms with Crippen molar-refractivity contribution in [2.24, 2.45) is 17.3 Å². The van der Waals surface area contributed by atoms with Gasteiger partial charge >= 0.3 is 0 Å². The maximum absolute atomic E-state index is 5.09. The van der Waals surface area contributed by atoms with Crippen LogP contribution in [0.25, 0.3) is 89.9 Å². The number of benzene rings is 8. The van der Waals surface area contributed by atoms with Crippen LogP contribution >= 0.6 is 0 Å². The van der Waals surface area contributed by atoms with E-state index in [1.807, 2.05) is 36.4 Å². The van der Waals surface area contributed by atoms with Crippen molar-refractivity contribution >= 4 is 21.5 Å². The van der Waals surface area contributed by atoms with Crippen LogP contribution in [0, 0.1) is 17.3 Å². The number of fused-ring (bicyclic) bond motifs is 2. The van der Waals surface area contributed by atoms with Crippen molar-refractivity contribution in [3.63, 3.8) is 0 Å². The van der Waals surface area contributed by atoms with E-state index in [2.05, 4.69) is 158 Å². The van der Waals surface area contributed by atoms with Crippen LogP contribution in [0.4, 0.5) is 0 Å². The lowest BCUT2D eigenvalue weighted by Crippen LogP contribution is -2.58. The summed E-state index contributed by atoms with van der Waals surface area (Å²) in [5, 5.41) is 4.73. The van der Waals surface area contributed by atoms with Crippen molar-refractivity contribution in [3.05, 3.63) is 205 Å². The van der Waals surface area contributed by atoms with E-state index in [1.165, 1.54) is 58.4 Å². The molecule has 310 valence electrons. The van der Waals surface area contributed by atoms with Crippen LogP contribution in [-0.4, -0.2) is 29.9 Å². The van der Waals surface area contributed by atoms with E-state index in [1.54, 1.807) is 0 Å². The van der Waals surface area contributed by atoms with Gasteiger partial charge in [-0.1, -0.05) is 182 Å². The van der Waals surface area contributed by atoms with Crippen molar-refractivity contribution in [3.8, 4) is 68.3 Å². The molecule has 0 amide bonds. The SMILES string of the molecule is c1ccc(-c2nc(-c3ccc(C4CC5CC6CC(c7ccc(-c8nc(-c9ccccc9)nc(-c9ccc%10ccccc%10c9)n8)cc7)C56C4)cc3)nc(-c3ccc4ccccc4c3)n2)cc1. The van der Waals surface area contributed by atoms with Crippen LogP contribution in [0.1, 0.15) is 48.6 Å². The average Bonchev–Trinajstić information content (AvgIpc) is 3.75. The number of hydrogen-bond donors (Lipinski definition) is 0. The molecule has 0 bridgehead atoms. The Morgan fingerprint density at radius 3 is 1.14 bits per heavy atom. The van der Waals surface area contributed by atoms with Crippen LogP contribution < -0.4 is 0 Å². The smallest absolute Gasteiger partial charge is 0.164 e. The summed E-state index contributed by atoms with van der Waals surface area (Å²) in [6.45, 7) is 0. The Hall–Kier alpha value is -7.70. The van der Waals surface area contributed by atoms with Gasteiger partial charge in [-0.05, 0) is 99.6 Å². The Morgan fingerprint density at radius 1 is 0.308 bits per heavy atom. The van der Waals surface area contributed by atoms with Gasteiger partial charge in [-0.25, -0.2) is 29.9 Å². The maximum Gasteiger partial charge on any atom is 0.164 e. The molecule has 8 aromatic carbocycles.